The molecule has 0 spiro atoms. The number of aromatic nitrogens is 3. The van der Waals surface area contributed by atoms with Gasteiger partial charge >= 0.3 is 5.97 Å². The van der Waals surface area contributed by atoms with E-state index in [1.165, 1.54) is 18.0 Å². The summed E-state index contributed by atoms with van der Waals surface area (Å²) in [7, 11) is 0. The van der Waals surface area contributed by atoms with E-state index in [0.29, 0.717) is 10.8 Å². The molecule has 0 unspecified atom stereocenters. The molecule has 2 heterocycles. The maximum absolute atomic E-state index is 12.5. The third-order valence-corrected chi connectivity index (χ3v) is 4.17. The number of carbonyl (C=O) groups is 1. The van der Waals surface area contributed by atoms with Crippen molar-refractivity contribution in [3.63, 3.8) is 0 Å². The summed E-state index contributed by atoms with van der Waals surface area (Å²) in [5, 5.41) is 1.12. The highest BCUT2D eigenvalue weighted by molar-refractivity contribution is 7.98. The lowest BCUT2D eigenvalue weighted by molar-refractivity contribution is 0.0462. The van der Waals surface area contributed by atoms with Crippen LogP contribution in [0.3, 0.4) is 0 Å². The molecule has 3 rings (SSSR count). The standard InChI is InChI=1S/C17H14ClN3O2S/c1-24-17-20-10-14(21(17)13-5-3-2-4-6-13)16(22)23-11-12-7-8-15(18)19-9-12/h2-10H,11H2,1H3. The van der Waals surface area contributed by atoms with E-state index in [1.807, 2.05) is 36.6 Å². The molecule has 0 aliphatic heterocycles. The zero-order chi connectivity index (χ0) is 16.9. The molecule has 3 aromatic rings. The van der Waals surface area contributed by atoms with Crippen LogP contribution in [0, 0.1) is 0 Å². The fourth-order valence-electron chi connectivity index (χ4n) is 2.16. The minimum Gasteiger partial charge on any atom is -0.456 e. The van der Waals surface area contributed by atoms with Crippen molar-refractivity contribution < 1.29 is 9.53 Å². The zero-order valence-electron chi connectivity index (χ0n) is 12.8. The van der Waals surface area contributed by atoms with Gasteiger partial charge in [0.15, 0.2) is 10.9 Å². The molecule has 1 aromatic carbocycles. The minimum atomic E-state index is -0.443. The first kappa shape index (κ1) is 16.5. The molecular weight excluding hydrogens is 346 g/mol. The monoisotopic (exact) mass is 359 g/mol. The van der Waals surface area contributed by atoms with Gasteiger partial charge in [0, 0.05) is 17.4 Å². The summed E-state index contributed by atoms with van der Waals surface area (Å²) in [5.74, 6) is -0.443. The number of pyridine rings is 1. The number of nitrogens with zero attached hydrogens (tertiary/aromatic N) is 3. The molecule has 24 heavy (non-hydrogen) atoms. The largest absolute Gasteiger partial charge is 0.456 e. The average Bonchev–Trinajstić information content (AvgIpc) is 3.06. The maximum atomic E-state index is 12.5. The number of hydrogen-bond donors (Lipinski definition) is 0. The SMILES string of the molecule is CSc1ncc(C(=O)OCc2ccc(Cl)nc2)n1-c1ccccc1. The number of rotatable bonds is 5. The molecule has 0 fully saturated rings. The van der Waals surface area contributed by atoms with E-state index in [2.05, 4.69) is 9.97 Å². The van der Waals surface area contributed by atoms with Gasteiger partial charge in [0.05, 0.1) is 6.20 Å². The Labute approximate surface area is 148 Å². The van der Waals surface area contributed by atoms with E-state index in [0.717, 1.165) is 16.4 Å². The third-order valence-electron chi connectivity index (χ3n) is 3.29. The molecule has 0 aliphatic rings. The minimum absolute atomic E-state index is 0.123. The number of hydrogen-bond acceptors (Lipinski definition) is 5. The number of ether oxygens (including phenoxy) is 1. The van der Waals surface area contributed by atoms with Crippen molar-refractivity contribution in [3.8, 4) is 5.69 Å². The van der Waals surface area contributed by atoms with Gasteiger partial charge in [-0.3, -0.25) is 4.57 Å². The van der Waals surface area contributed by atoms with Crippen LogP contribution in [-0.4, -0.2) is 26.8 Å². The van der Waals surface area contributed by atoms with Crippen LogP contribution in [0.2, 0.25) is 5.15 Å². The molecule has 0 radical (unpaired) electrons. The molecule has 2 aromatic heterocycles. The highest BCUT2D eigenvalue weighted by atomic mass is 35.5. The Morgan fingerprint density at radius 2 is 1.96 bits per heavy atom. The number of halogens is 1. The van der Waals surface area contributed by atoms with E-state index in [1.54, 1.807) is 22.9 Å². The van der Waals surface area contributed by atoms with Crippen LogP contribution in [0.15, 0.2) is 60.0 Å². The Morgan fingerprint density at radius 3 is 2.62 bits per heavy atom. The van der Waals surface area contributed by atoms with Gasteiger partial charge in [-0.15, -0.1) is 0 Å². The second-order valence-electron chi connectivity index (χ2n) is 4.87. The number of benzene rings is 1. The second kappa shape index (κ2) is 7.51. The molecule has 0 atom stereocenters. The summed E-state index contributed by atoms with van der Waals surface area (Å²) in [5.41, 5.74) is 2.01. The summed E-state index contributed by atoms with van der Waals surface area (Å²) in [4.78, 5) is 20.7. The van der Waals surface area contributed by atoms with Crippen LogP contribution < -0.4 is 0 Å². The quantitative estimate of drug-likeness (QED) is 0.391. The molecule has 5 nitrogen and oxygen atoms in total. The molecule has 0 saturated heterocycles. The summed E-state index contributed by atoms with van der Waals surface area (Å²) >= 11 is 7.21. The molecule has 0 N–H and O–H groups in total. The smallest absolute Gasteiger partial charge is 0.357 e. The number of imidazole rings is 1. The maximum Gasteiger partial charge on any atom is 0.357 e. The predicted octanol–water partition coefficient (Wildman–Crippen LogP) is 4.00. The van der Waals surface area contributed by atoms with Gasteiger partial charge in [0.2, 0.25) is 0 Å². The van der Waals surface area contributed by atoms with E-state index in [4.69, 9.17) is 16.3 Å². The number of para-hydroxylation sites is 1. The lowest BCUT2D eigenvalue weighted by Crippen LogP contribution is -2.11. The molecule has 0 saturated carbocycles. The third kappa shape index (κ3) is 3.60. The van der Waals surface area contributed by atoms with Crippen LogP contribution in [0.1, 0.15) is 16.1 Å². The summed E-state index contributed by atoms with van der Waals surface area (Å²) < 4.78 is 7.17. The second-order valence-corrected chi connectivity index (χ2v) is 6.03. The fraction of sp³-hybridized carbons (Fsp3) is 0.118. The van der Waals surface area contributed by atoms with Crippen LogP contribution in [0.4, 0.5) is 0 Å². The number of thioether (sulfide) groups is 1. The number of carbonyl (C=O) groups excluding carboxylic acids is 1. The highest BCUT2D eigenvalue weighted by Crippen LogP contribution is 2.22. The Balaban J connectivity index is 1.82. The van der Waals surface area contributed by atoms with Crippen LogP contribution in [0.5, 0.6) is 0 Å². The van der Waals surface area contributed by atoms with Crippen molar-refractivity contribution in [1.29, 1.82) is 0 Å². The van der Waals surface area contributed by atoms with Crippen molar-refractivity contribution in [2.75, 3.05) is 6.26 Å². The lowest BCUT2D eigenvalue weighted by atomic mass is 10.3. The summed E-state index contributed by atoms with van der Waals surface area (Å²) in [6.45, 7) is 0.123. The zero-order valence-corrected chi connectivity index (χ0v) is 14.4. The Morgan fingerprint density at radius 1 is 1.17 bits per heavy atom. The van der Waals surface area contributed by atoms with Gasteiger partial charge in [0.25, 0.3) is 0 Å². The number of esters is 1. The first-order valence-electron chi connectivity index (χ1n) is 7.13. The van der Waals surface area contributed by atoms with Gasteiger partial charge in [0.1, 0.15) is 11.8 Å². The average molecular weight is 360 g/mol. The van der Waals surface area contributed by atoms with Gasteiger partial charge in [-0.2, -0.15) is 0 Å². The molecule has 0 bridgehead atoms. The van der Waals surface area contributed by atoms with E-state index < -0.39 is 5.97 Å². The van der Waals surface area contributed by atoms with Crippen LogP contribution in [-0.2, 0) is 11.3 Å². The first-order chi connectivity index (χ1) is 11.7. The van der Waals surface area contributed by atoms with Crippen molar-refractivity contribution in [3.05, 3.63) is 71.3 Å². The van der Waals surface area contributed by atoms with Crippen molar-refractivity contribution >= 4 is 29.3 Å². The molecular formula is C17H14ClN3O2S. The van der Waals surface area contributed by atoms with Gasteiger partial charge < -0.3 is 4.74 Å². The molecule has 0 amide bonds. The predicted molar refractivity (Wildman–Crippen MR) is 93.7 cm³/mol. The lowest BCUT2D eigenvalue weighted by Gasteiger charge is -2.10. The van der Waals surface area contributed by atoms with E-state index in [9.17, 15) is 4.79 Å². The van der Waals surface area contributed by atoms with E-state index >= 15 is 0 Å². The van der Waals surface area contributed by atoms with Crippen LogP contribution >= 0.6 is 23.4 Å². The van der Waals surface area contributed by atoms with Crippen molar-refractivity contribution in [1.82, 2.24) is 14.5 Å². The van der Waals surface area contributed by atoms with Gasteiger partial charge in [-0.25, -0.2) is 14.8 Å². The highest BCUT2D eigenvalue weighted by Gasteiger charge is 2.19. The molecule has 122 valence electrons. The Kier molecular flexibility index (Phi) is 5.17. The van der Waals surface area contributed by atoms with Crippen molar-refractivity contribution in [2.24, 2.45) is 0 Å². The Hall–Kier alpha value is -2.31. The summed E-state index contributed by atoms with van der Waals surface area (Å²) in [6.07, 6.45) is 5.02. The molecule has 7 heteroatoms. The topological polar surface area (TPSA) is 57.0 Å². The Bertz CT molecular complexity index is 835. The van der Waals surface area contributed by atoms with E-state index in [-0.39, 0.29) is 6.61 Å². The van der Waals surface area contributed by atoms with Crippen LogP contribution in [0.25, 0.3) is 5.69 Å². The fourth-order valence-corrected chi connectivity index (χ4v) is 2.82. The van der Waals surface area contributed by atoms with Crippen molar-refractivity contribution in [2.45, 2.75) is 11.8 Å². The summed E-state index contributed by atoms with van der Waals surface area (Å²) in [6, 6.07) is 13.0. The van der Waals surface area contributed by atoms with Gasteiger partial charge in [-0.05, 0) is 24.5 Å². The van der Waals surface area contributed by atoms with Gasteiger partial charge in [-0.1, -0.05) is 47.6 Å². The molecule has 0 aliphatic carbocycles. The first-order valence-corrected chi connectivity index (χ1v) is 8.74. The normalized spacial score (nSPS) is 10.6.